The molecule has 8 heteroatoms. The van der Waals surface area contributed by atoms with Gasteiger partial charge in [-0.25, -0.2) is 4.90 Å². The fraction of sp³-hybridized carbons (Fsp3) is 0.0800. The van der Waals surface area contributed by atoms with Crippen LogP contribution in [0, 0.1) is 13.8 Å². The number of benzene rings is 3. The molecule has 3 aromatic carbocycles. The molecule has 1 aliphatic rings. The third-order valence-electron chi connectivity index (χ3n) is 5.17. The Morgan fingerprint density at radius 2 is 1.58 bits per heavy atom. The highest BCUT2D eigenvalue weighted by Gasteiger charge is 2.39. The third kappa shape index (κ3) is 4.49. The highest BCUT2D eigenvalue weighted by molar-refractivity contribution is 6.53. The first-order valence-corrected chi connectivity index (χ1v) is 10.8. The van der Waals surface area contributed by atoms with E-state index in [2.05, 4.69) is 10.6 Å². The average molecular weight is 480 g/mol. The summed E-state index contributed by atoms with van der Waals surface area (Å²) in [6.45, 7) is 3.92. The first kappa shape index (κ1) is 22.6. The highest BCUT2D eigenvalue weighted by Crippen LogP contribution is 2.34. The summed E-state index contributed by atoms with van der Waals surface area (Å²) in [5.74, 6) is -1.54. The maximum Gasteiger partial charge on any atom is 0.283 e. The van der Waals surface area contributed by atoms with E-state index in [1.807, 2.05) is 32.0 Å². The maximum absolute atomic E-state index is 12.9. The van der Waals surface area contributed by atoms with Gasteiger partial charge < -0.3 is 10.6 Å². The summed E-state index contributed by atoms with van der Waals surface area (Å²) in [4.78, 5) is 39.0. The average Bonchev–Trinajstić information content (AvgIpc) is 3.00. The van der Waals surface area contributed by atoms with Crippen LogP contribution in [-0.2, 0) is 9.59 Å². The molecule has 0 bridgehead atoms. The first-order valence-electron chi connectivity index (χ1n) is 10.0. The van der Waals surface area contributed by atoms with Crippen LogP contribution >= 0.6 is 23.2 Å². The quantitative estimate of drug-likeness (QED) is 0.463. The molecule has 0 aliphatic carbocycles. The second-order valence-electron chi connectivity index (χ2n) is 7.56. The van der Waals surface area contributed by atoms with Crippen LogP contribution in [0.3, 0.4) is 0 Å². The number of hydrogen-bond acceptors (Lipinski definition) is 4. The van der Waals surface area contributed by atoms with Crippen molar-refractivity contribution in [3.8, 4) is 0 Å². The molecular weight excluding hydrogens is 461 g/mol. The largest absolute Gasteiger partial charge is 0.350 e. The molecule has 4 rings (SSSR count). The van der Waals surface area contributed by atoms with Crippen molar-refractivity contribution in [2.75, 3.05) is 15.5 Å². The van der Waals surface area contributed by atoms with Gasteiger partial charge in [-0.05, 0) is 61.9 Å². The summed E-state index contributed by atoms with van der Waals surface area (Å²) in [6, 6.07) is 18.8. The van der Waals surface area contributed by atoms with Crippen LogP contribution in [0.4, 0.5) is 17.1 Å². The predicted octanol–water partition coefficient (Wildman–Crippen LogP) is 5.64. The van der Waals surface area contributed by atoms with Gasteiger partial charge in [-0.1, -0.05) is 53.0 Å². The molecule has 0 spiro atoms. The molecule has 3 amide bonds. The van der Waals surface area contributed by atoms with E-state index in [-0.39, 0.29) is 27.3 Å². The highest BCUT2D eigenvalue weighted by atomic mass is 35.5. The number of aryl methyl sites for hydroxylation is 2. The summed E-state index contributed by atoms with van der Waals surface area (Å²) in [6.07, 6.45) is 0. The Morgan fingerprint density at radius 1 is 0.879 bits per heavy atom. The fourth-order valence-electron chi connectivity index (χ4n) is 3.46. The Morgan fingerprint density at radius 3 is 2.24 bits per heavy atom. The summed E-state index contributed by atoms with van der Waals surface area (Å²) in [5, 5.41) is 5.78. The van der Waals surface area contributed by atoms with Gasteiger partial charge in [0.05, 0.1) is 10.7 Å². The van der Waals surface area contributed by atoms with Gasteiger partial charge in [-0.3, -0.25) is 14.4 Å². The Hall–Kier alpha value is -3.61. The lowest BCUT2D eigenvalue weighted by molar-refractivity contribution is -0.120. The number of anilines is 3. The van der Waals surface area contributed by atoms with Crippen molar-refractivity contribution in [3.63, 3.8) is 0 Å². The standard InChI is InChI=1S/C25H19Cl2N3O3/c1-14-7-12-19(15(2)13-14)29-23(31)16-8-10-17(11-9-16)28-22-21(27)24(32)30(25(22)33)20-6-4-3-5-18(20)26/h3-13,28H,1-2H3,(H,29,31). The van der Waals surface area contributed by atoms with E-state index in [0.29, 0.717) is 11.3 Å². The number of nitrogens with one attached hydrogen (secondary N) is 2. The van der Waals surface area contributed by atoms with Crippen molar-refractivity contribution in [2.45, 2.75) is 13.8 Å². The van der Waals surface area contributed by atoms with E-state index < -0.39 is 11.8 Å². The van der Waals surface area contributed by atoms with Gasteiger partial charge in [0, 0.05) is 16.9 Å². The Balaban J connectivity index is 1.49. The molecule has 1 aliphatic heterocycles. The SMILES string of the molecule is Cc1ccc(NC(=O)c2ccc(NC3=C(Cl)C(=O)N(c4ccccc4Cl)C3=O)cc2)c(C)c1. The number of carbonyl (C=O) groups excluding carboxylic acids is 3. The monoisotopic (exact) mass is 479 g/mol. The number of hydrogen-bond donors (Lipinski definition) is 2. The van der Waals surface area contributed by atoms with Crippen molar-refractivity contribution < 1.29 is 14.4 Å². The molecule has 0 saturated carbocycles. The van der Waals surface area contributed by atoms with Crippen molar-refractivity contribution in [1.29, 1.82) is 0 Å². The molecule has 33 heavy (non-hydrogen) atoms. The number of halogens is 2. The molecule has 0 radical (unpaired) electrons. The topological polar surface area (TPSA) is 78.5 Å². The Labute approximate surface area is 200 Å². The van der Waals surface area contributed by atoms with Crippen molar-refractivity contribution >= 4 is 58.0 Å². The van der Waals surface area contributed by atoms with Crippen molar-refractivity contribution in [1.82, 2.24) is 0 Å². The zero-order chi connectivity index (χ0) is 23.7. The van der Waals surface area contributed by atoms with E-state index in [4.69, 9.17) is 23.2 Å². The summed E-state index contributed by atoms with van der Waals surface area (Å²) < 4.78 is 0. The fourth-order valence-corrected chi connectivity index (χ4v) is 3.89. The zero-order valence-electron chi connectivity index (χ0n) is 17.8. The number of para-hydroxylation sites is 1. The normalized spacial score (nSPS) is 13.5. The van der Waals surface area contributed by atoms with E-state index >= 15 is 0 Å². The minimum atomic E-state index is -0.665. The van der Waals surface area contributed by atoms with Crippen LogP contribution in [0.5, 0.6) is 0 Å². The van der Waals surface area contributed by atoms with Crippen LogP contribution < -0.4 is 15.5 Å². The lowest BCUT2D eigenvalue weighted by Gasteiger charge is -2.16. The van der Waals surface area contributed by atoms with Gasteiger partial charge in [0.15, 0.2) is 0 Å². The number of rotatable bonds is 5. The minimum Gasteiger partial charge on any atom is -0.350 e. The van der Waals surface area contributed by atoms with Gasteiger partial charge in [0.25, 0.3) is 17.7 Å². The second kappa shape index (κ2) is 9.10. The zero-order valence-corrected chi connectivity index (χ0v) is 19.3. The molecule has 2 N–H and O–H groups in total. The molecule has 3 aromatic rings. The number of carbonyl (C=O) groups is 3. The van der Waals surface area contributed by atoms with Gasteiger partial charge in [-0.2, -0.15) is 0 Å². The number of amides is 3. The van der Waals surface area contributed by atoms with Crippen LogP contribution in [0.25, 0.3) is 0 Å². The minimum absolute atomic E-state index is 0.0610. The Kier molecular flexibility index (Phi) is 6.22. The number of imide groups is 1. The van der Waals surface area contributed by atoms with Gasteiger partial charge in [-0.15, -0.1) is 0 Å². The molecule has 0 unspecified atom stereocenters. The van der Waals surface area contributed by atoms with E-state index in [1.165, 1.54) is 0 Å². The van der Waals surface area contributed by atoms with Crippen LogP contribution in [0.2, 0.25) is 5.02 Å². The smallest absolute Gasteiger partial charge is 0.283 e. The van der Waals surface area contributed by atoms with Crippen LogP contribution in [0.15, 0.2) is 77.5 Å². The number of nitrogens with zero attached hydrogens (tertiary/aromatic N) is 1. The lowest BCUT2D eigenvalue weighted by Crippen LogP contribution is -2.32. The van der Waals surface area contributed by atoms with E-state index in [9.17, 15) is 14.4 Å². The summed E-state index contributed by atoms with van der Waals surface area (Å²) in [5.41, 5.74) is 3.94. The second-order valence-corrected chi connectivity index (χ2v) is 8.35. The predicted molar refractivity (Wildman–Crippen MR) is 131 cm³/mol. The van der Waals surface area contributed by atoms with Gasteiger partial charge >= 0.3 is 0 Å². The summed E-state index contributed by atoms with van der Waals surface area (Å²) >= 11 is 12.3. The molecule has 1 heterocycles. The molecule has 6 nitrogen and oxygen atoms in total. The summed E-state index contributed by atoms with van der Waals surface area (Å²) in [7, 11) is 0. The molecule has 0 fully saturated rings. The Bertz CT molecular complexity index is 1320. The lowest BCUT2D eigenvalue weighted by atomic mass is 10.1. The van der Waals surface area contributed by atoms with Gasteiger partial charge in [0.1, 0.15) is 10.7 Å². The van der Waals surface area contributed by atoms with Crippen molar-refractivity contribution in [3.05, 3.63) is 99.2 Å². The van der Waals surface area contributed by atoms with Crippen molar-refractivity contribution in [2.24, 2.45) is 0 Å². The van der Waals surface area contributed by atoms with Gasteiger partial charge in [0.2, 0.25) is 0 Å². The molecule has 0 atom stereocenters. The van der Waals surface area contributed by atoms with Crippen LogP contribution in [-0.4, -0.2) is 17.7 Å². The third-order valence-corrected chi connectivity index (χ3v) is 5.84. The van der Waals surface area contributed by atoms with E-state index in [1.54, 1.807) is 48.5 Å². The molecule has 0 saturated heterocycles. The van der Waals surface area contributed by atoms with E-state index in [0.717, 1.165) is 21.7 Å². The molecule has 166 valence electrons. The first-order chi connectivity index (χ1) is 15.8. The molecular formula is C25H19Cl2N3O3. The van der Waals surface area contributed by atoms with Crippen LogP contribution in [0.1, 0.15) is 21.5 Å². The maximum atomic E-state index is 12.9. The molecule has 0 aromatic heterocycles.